The van der Waals surface area contributed by atoms with Gasteiger partial charge in [-0.2, -0.15) is 0 Å². The van der Waals surface area contributed by atoms with Crippen LogP contribution in [0, 0.1) is 16.0 Å². The molecule has 3 N–H and O–H groups in total. The van der Waals surface area contributed by atoms with Crippen LogP contribution < -0.4 is 10.6 Å². The van der Waals surface area contributed by atoms with Gasteiger partial charge < -0.3 is 15.7 Å². The molecule has 1 saturated carbocycles. The van der Waals surface area contributed by atoms with Crippen molar-refractivity contribution in [2.45, 2.75) is 44.7 Å². The summed E-state index contributed by atoms with van der Waals surface area (Å²) in [5, 5.41) is 27.3. The van der Waals surface area contributed by atoms with Gasteiger partial charge in [0.15, 0.2) is 5.11 Å². The molecule has 0 aromatic heterocycles. The summed E-state index contributed by atoms with van der Waals surface area (Å²) in [6.45, 7) is 6.12. The molecule has 6 nitrogen and oxygen atoms in total. The van der Waals surface area contributed by atoms with E-state index in [1.165, 1.54) is 6.07 Å². The van der Waals surface area contributed by atoms with E-state index in [0.29, 0.717) is 11.5 Å². The lowest BCUT2D eigenvalue weighted by atomic mass is 10.0. The topological polar surface area (TPSA) is 87.4 Å². The first-order chi connectivity index (χ1) is 10.7. The predicted molar refractivity (Wildman–Crippen MR) is 93.2 cm³/mol. The molecule has 1 fully saturated rings. The van der Waals surface area contributed by atoms with Crippen LogP contribution in [-0.4, -0.2) is 27.3 Å². The molecular weight excluding hydrogens is 314 g/mol. The summed E-state index contributed by atoms with van der Waals surface area (Å²) in [5.41, 5.74) is 0.288. The Balaban J connectivity index is 2.25. The minimum absolute atomic E-state index is 0.0630. The first-order valence-corrected chi connectivity index (χ1v) is 8.05. The summed E-state index contributed by atoms with van der Waals surface area (Å²) in [4.78, 5) is 10.6. The van der Waals surface area contributed by atoms with Crippen molar-refractivity contribution in [3.05, 3.63) is 39.9 Å². The second-order valence-electron chi connectivity index (χ2n) is 7.02. The summed E-state index contributed by atoms with van der Waals surface area (Å²) in [6.07, 6.45) is 1.43. The zero-order valence-corrected chi connectivity index (χ0v) is 14.4. The van der Waals surface area contributed by atoms with E-state index in [2.05, 4.69) is 10.6 Å². The molecule has 0 spiro atoms. The zero-order valence-electron chi connectivity index (χ0n) is 13.6. The highest BCUT2D eigenvalue weighted by atomic mass is 32.1. The number of non-ortho nitro benzene ring substituents is 1. The third-order valence-electron chi connectivity index (χ3n) is 3.98. The maximum atomic E-state index is 11.0. The lowest BCUT2D eigenvalue weighted by Crippen LogP contribution is -2.50. The van der Waals surface area contributed by atoms with E-state index in [-0.39, 0.29) is 23.8 Å². The molecule has 0 unspecified atom stereocenters. The van der Waals surface area contributed by atoms with Gasteiger partial charge in [0.1, 0.15) is 0 Å². The average molecular weight is 337 g/mol. The average Bonchev–Trinajstić information content (AvgIpc) is 3.11. The molecule has 2 rings (SSSR count). The van der Waals surface area contributed by atoms with E-state index in [1.54, 1.807) is 12.1 Å². The molecule has 126 valence electrons. The van der Waals surface area contributed by atoms with Gasteiger partial charge in [-0.3, -0.25) is 10.1 Å². The molecule has 0 aliphatic heterocycles. The molecule has 0 heterocycles. The molecule has 1 aromatic rings. The van der Waals surface area contributed by atoms with Gasteiger partial charge >= 0.3 is 0 Å². The normalized spacial score (nSPS) is 23.2. The van der Waals surface area contributed by atoms with Gasteiger partial charge in [0, 0.05) is 24.3 Å². The second kappa shape index (κ2) is 6.41. The SMILES string of the molecule is CC(C)(C)NC(=S)N[C@@]1(c2cccc([N+](=O)[O-])c2)C[C@H]1CCO. The number of benzene rings is 1. The zero-order chi connectivity index (χ0) is 17.3. The molecule has 1 aliphatic rings. The number of nitrogens with one attached hydrogen (secondary N) is 2. The first-order valence-electron chi connectivity index (χ1n) is 7.64. The summed E-state index contributed by atoms with van der Waals surface area (Å²) < 4.78 is 0. The number of nitro benzene ring substituents is 1. The van der Waals surface area contributed by atoms with Crippen LogP contribution in [0.15, 0.2) is 24.3 Å². The van der Waals surface area contributed by atoms with E-state index in [0.717, 1.165) is 12.0 Å². The van der Waals surface area contributed by atoms with E-state index in [1.807, 2.05) is 26.8 Å². The minimum Gasteiger partial charge on any atom is -0.396 e. The molecule has 2 atom stereocenters. The molecule has 0 amide bonds. The standard InChI is InChI=1S/C16H23N3O3S/c1-15(2,3)17-14(23)18-16(10-12(16)7-8-20)11-5-4-6-13(9-11)19(21)22/h4-6,9,12,20H,7-8,10H2,1-3H3,(H2,17,18,23)/t12-,16-/m1/s1. The number of nitrogens with zero attached hydrogens (tertiary/aromatic N) is 1. The highest BCUT2D eigenvalue weighted by Gasteiger charge is 2.55. The molecule has 1 aliphatic carbocycles. The van der Waals surface area contributed by atoms with E-state index < -0.39 is 10.5 Å². The maximum absolute atomic E-state index is 11.0. The van der Waals surface area contributed by atoms with Gasteiger partial charge in [-0.15, -0.1) is 0 Å². The smallest absolute Gasteiger partial charge is 0.269 e. The van der Waals surface area contributed by atoms with E-state index in [4.69, 9.17) is 12.2 Å². The van der Waals surface area contributed by atoms with E-state index >= 15 is 0 Å². The summed E-state index contributed by atoms with van der Waals surface area (Å²) in [6, 6.07) is 6.62. The van der Waals surface area contributed by atoms with Crippen molar-refractivity contribution in [3.63, 3.8) is 0 Å². The number of rotatable bonds is 5. The Labute approximate surface area is 141 Å². The van der Waals surface area contributed by atoms with Crippen LogP contribution in [0.25, 0.3) is 0 Å². The van der Waals surface area contributed by atoms with Gasteiger partial charge in [0.05, 0.1) is 10.5 Å². The van der Waals surface area contributed by atoms with Crippen molar-refractivity contribution in [3.8, 4) is 0 Å². The van der Waals surface area contributed by atoms with Crippen LogP contribution in [0.4, 0.5) is 5.69 Å². The number of aliphatic hydroxyl groups is 1. The number of aliphatic hydroxyl groups excluding tert-OH is 1. The van der Waals surface area contributed by atoms with Crippen LogP contribution in [0.2, 0.25) is 0 Å². The minimum atomic E-state index is -0.440. The third-order valence-corrected chi connectivity index (χ3v) is 4.18. The predicted octanol–water partition coefficient (Wildman–Crippen LogP) is 2.46. The second-order valence-corrected chi connectivity index (χ2v) is 7.43. The van der Waals surface area contributed by atoms with Gasteiger partial charge in [0.2, 0.25) is 0 Å². The Morgan fingerprint density at radius 2 is 2.22 bits per heavy atom. The van der Waals surface area contributed by atoms with Gasteiger partial charge in [-0.05, 0) is 57.3 Å². The Hall–Kier alpha value is -1.73. The Kier molecular flexibility index (Phi) is 4.91. The summed E-state index contributed by atoms with van der Waals surface area (Å²) in [7, 11) is 0. The van der Waals surface area contributed by atoms with Crippen molar-refractivity contribution >= 4 is 23.0 Å². The number of nitro groups is 1. The molecule has 0 saturated heterocycles. The monoisotopic (exact) mass is 337 g/mol. The van der Waals surface area contributed by atoms with Gasteiger partial charge in [0.25, 0.3) is 5.69 Å². The Morgan fingerprint density at radius 1 is 1.52 bits per heavy atom. The van der Waals surface area contributed by atoms with Crippen molar-refractivity contribution in [1.82, 2.24) is 10.6 Å². The molecule has 1 aromatic carbocycles. The molecular formula is C16H23N3O3S. The summed E-state index contributed by atoms with van der Waals surface area (Å²) in [5.74, 6) is 0.203. The van der Waals surface area contributed by atoms with Crippen LogP contribution in [0.1, 0.15) is 39.2 Å². The molecule has 0 bridgehead atoms. The van der Waals surface area contributed by atoms with Crippen molar-refractivity contribution in [2.75, 3.05) is 6.61 Å². The van der Waals surface area contributed by atoms with Crippen molar-refractivity contribution < 1.29 is 10.0 Å². The number of hydrogen-bond acceptors (Lipinski definition) is 4. The van der Waals surface area contributed by atoms with Crippen molar-refractivity contribution in [2.24, 2.45) is 5.92 Å². The third kappa shape index (κ3) is 4.17. The van der Waals surface area contributed by atoms with Gasteiger partial charge in [-0.25, -0.2) is 0 Å². The molecule has 23 heavy (non-hydrogen) atoms. The Morgan fingerprint density at radius 3 is 2.78 bits per heavy atom. The fourth-order valence-corrected chi connectivity index (χ4v) is 3.37. The fourth-order valence-electron chi connectivity index (χ4n) is 2.88. The van der Waals surface area contributed by atoms with Crippen molar-refractivity contribution in [1.29, 1.82) is 0 Å². The van der Waals surface area contributed by atoms with Crippen LogP contribution in [0.3, 0.4) is 0 Å². The highest BCUT2D eigenvalue weighted by Crippen LogP contribution is 2.54. The highest BCUT2D eigenvalue weighted by molar-refractivity contribution is 7.80. The quantitative estimate of drug-likeness (QED) is 0.435. The largest absolute Gasteiger partial charge is 0.396 e. The maximum Gasteiger partial charge on any atom is 0.269 e. The molecule has 0 radical (unpaired) electrons. The Bertz CT molecular complexity index is 615. The fraction of sp³-hybridized carbons (Fsp3) is 0.562. The van der Waals surface area contributed by atoms with Crippen LogP contribution in [0.5, 0.6) is 0 Å². The van der Waals surface area contributed by atoms with Gasteiger partial charge in [-0.1, -0.05) is 12.1 Å². The molecule has 7 heteroatoms. The lowest BCUT2D eigenvalue weighted by molar-refractivity contribution is -0.384. The van der Waals surface area contributed by atoms with E-state index in [9.17, 15) is 15.2 Å². The number of thiocarbonyl (C=S) groups is 1. The lowest BCUT2D eigenvalue weighted by Gasteiger charge is -2.28. The van der Waals surface area contributed by atoms with Crippen LogP contribution >= 0.6 is 12.2 Å². The van der Waals surface area contributed by atoms with Crippen LogP contribution in [-0.2, 0) is 5.54 Å². The summed E-state index contributed by atoms with van der Waals surface area (Å²) >= 11 is 5.39. The number of hydrogen-bond donors (Lipinski definition) is 3. The first kappa shape index (κ1) is 17.6.